The first kappa shape index (κ1) is 21.6. The number of carbonyl (C=O) groups is 1. The fraction of sp³-hybridized carbons (Fsp3) is 0.381. The maximum atomic E-state index is 13.6. The predicted molar refractivity (Wildman–Crippen MR) is 117 cm³/mol. The lowest BCUT2D eigenvalue weighted by Gasteiger charge is -2.36. The van der Waals surface area contributed by atoms with Crippen LogP contribution in [0, 0.1) is 5.95 Å². The van der Waals surface area contributed by atoms with Crippen molar-refractivity contribution in [3.05, 3.63) is 62.4 Å². The van der Waals surface area contributed by atoms with Gasteiger partial charge in [-0.1, -0.05) is 0 Å². The fourth-order valence-corrected chi connectivity index (χ4v) is 3.92. The van der Waals surface area contributed by atoms with Gasteiger partial charge < -0.3 is 15.2 Å². The quantitative estimate of drug-likeness (QED) is 0.548. The molecule has 0 unspecified atom stereocenters. The third-order valence-corrected chi connectivity index (χ3v) is 5.60. The van der Waals surface area contributed by atoms with Gasteiger partial charge in [0.25, 0.3) is 11.5 Å². The molecule has 1 fully saturated rings. The summed E-state index contributed by atoms with van der Waals surface area (Å²) in [6.45, 7) is 5.29. The molecule has 0 bridgehead atoms. The molecular weight excluding hydrogens is 417 g/mol. The number of aromatic amines is 1. The highest BCUT2D eigenvalue weighted by Gasteiger charge is 2.23. The number of hydrogen-bond acceptors (Lipinski definition) is 7. The summed E-state index contributed by atoms with van der Waals surface area (Å²) in [5.74, 6) is -1.13. The van der Waals surface area contributed by atoms with E-state index in [2.05, 4.69) is 25.2 Å². The molecule has 2 N–H and O–H groups in total. The van der Waals surface area contributed by atoms with Gasteiger partial charge in [-0.15, -0.1) is 0 Å². The van der Waals surface area contributed by atoms with Crippen LogP contribution in [0.5, 0.6) is 0 Å². The van der Waals surface area contributed by atoms with Gasteiger partial charge in [0.1, 0.15) is 0 Å². The van der Waals surface area contributed by atoms with Crippen molar-refractivity contribution in [2.75, 3.05) is 38.1 Å². The molecule has 0 aromatic carbocycles. The van der Waals surface area contributed by atoms with Crippen LogP contribution in [-0.4, -0.2) is 63.6 Å². The van der Waals surface area contributed by atoms with Gasteiger partial charge >= 0.3 is 5.69 Å². The summed E-state index contributed by atoms with van der Waals surface area (Å²) in [6.07, 6.45) is 1.65. The molecule has 0 saturated carbocycles. The van der Waals surface area contributed by atoms with Gasteiger partial charge in [-0.25, -0.2) is 14.8 Å². The topological polar surface area (TPSA) is 116 Å². The highest BCUT2D eigenvalue weighted by Crippen LogP contribution is 2.22. The van der Waals surface area contributed by atoms with Crippen LogP contribution in [0.3, 0.4) is 0 Å². The maximum absolute atomic E-state index is 13.6. The van der Waals surface area contributed by atoms with Crippen molar-refractivity contribution in [3.8, 4) is 0 Å². The minimum atomic E-state index is -0.696. The predicted octanol–water partition coefficient (Wildman–Crippen LogP) is 0.321. The Morgan fingerprint density at radius 3 is 2.66 bits per heavy atom. The zero-order valence-corrected chi connectivity index (χ0v) is 17.9. The van der Waals surface area contributed by atoms with Crippen molar-refractivity contribution >= 4 is 22.6 Å². The van der Waals surface area contributed by atoms with E-state index in [9.17, 15) is 18.8 Å². The van der Waals surface area contributed by atoms with E-state index in [1.54, 1.807) is 25.3 Å². The van der Waals surface area contributed by atoms with Gasteiger partial charge in [-0.05, 0) is 30.7 Å². The monoisotopic (exact) mass is 441 g/mol. The molecule has 0 radical (unpaired) electrons. The van der Waals surface area contributed by atoms with Crippen LogP contribution in [-0.2, 0) is 13.1 Å². The first-order valence-electron chi connectivity index (χ1n) is 10.4. The number of piperazine rings is 1. The lowest BCUT2D eigenvalue weighted by Crippen LogP contribution is -2.46. The van der Waals surface area contributed by atoms with Crippen molar-refractivity contribution in [2.24, 2.45) is 0 Å². The van der Waals surface area contributed by atoms with E-state index in [0.29, 0.717) is 43.9 Å². The summed E-state index contributed by atoms with van der Waals surface area (Å²) < 4.78 is 14.7. The lowest BCUT2D eigenvalue weighted by molar-refractivity contribution is 0.0957. The molecule has 32 heavy (non-hydrogen) atoms. The number of rotatable bonds is 5. The van der Waals surface area contributed by atoms with Crippen LogP contribution in [0.2, 0.25) is 0 Å². The van der Waals surface area contributed by atoms with Crippen molar-refractivity contribution in [1.82, 2.24) is 29.7 Å². The molecule has 0 atom stereocenters. The van der Waals surface area contributed by atoms with Gasteiger partial charge in [0.2, 0.25) is 5.95 Å². The van der Waals surface area contributed by atoms with Crippen LogP contribution in [0.15, 0.2) is 34.0 Å². The van der Waals surface area contributed by atoms with Crippen LogP contribution in [0.1, 0.15) is 23.0 Å². The fourth-order valence-electron chi connectivity index (χ4n) is 3.92. The second kappa shape index (κ2) is 8.87. The standard InChI is InChI=1S/C21H24FN7O3/c1-3-29-20(31)17-14(25-21(29)32)10-13(11-24-17)12-27-6-8-28(9-7-27)15-4-5-16(22)26-18(15)19(30)23-2/h4-5,10-11H,3,6-9,12H2,1-2H3,(H,23,30)(H,25,32). The average Bonchev–Trinajstić information content (AvgIpc) is 2.79. The molecule has 10 nitrogen and oxygen atoms in total. The molecule has 11 heteroatoms. The van der Waals surface area contributed by atoms with E-state index in [0.717, 1.165) is 10.1 Å². The number of hydrogen-bond donors (Lipinski definition) is 2. The first-order valence-corrected chi connectivity index (χ1v) is 10.4. The molecule has 1 aliphatic rings. The van der Waals surface area contributed by atoms with Gasteiger partial charge in [-0.3, -0.25) is 19.1 Å². The van der Waals surface area contributed by atoms with Crippen LogP contribution >= 0.6 is 0 Å². The molecule has 1 saturated heterocycles. The highest BCUT2D eigenvalue weighted by atomic mass is 19.1. The van der Waals surface area contributed by atoms with E-state index >= 15 is 0 Å². The Bertz CT molecular complexity index is 1280. The average molecular weight is 441 g/mol. The third-order valence-electron chi connectivity index (χ3n) is 5.60. The van der Waals surface area contributed by atoms with Gasteiger partial charge in [0.05, 0.1) is 11.2 Å². The second-order valence-corrected chi connectivity index (χ2v) is 7.56. The van der Waals surface area contributed by atoms with E-state index < -0.39 is 23.1 Å². The Labute approximate surface area is 182 Å². The molecule has 0 aliphatic carbocycles. The lowest BCUT2D eigenvalue weighted by atomic mass is 10.2. The van der Waals surface area contributed by atoms with Crippen LogP contribution in [0.4, 0.5) is 10.1 Å². The minimum Gasteiger partial charge on any atom is -0.367 e. The Balaban J connectivity index is 1.48. The zero-order valence-electron chi connectivity index (χ0n) is 17.9. The Morgan fingerprint density at radius 2 is 1.97 bits per heavy atom. The number of carbonyl (C=O) groups excluding carboxylic acids is 1. The Kier molecular flexibility index (Phi) is 5.99. The largest absolute Gasteiger partial charge is 0.367 e. The third kappa shape index (κ3) is 4.11. The first-order chi connectivity index (χ1) is 15.4. The summed E-state index contributed by atoms with van der Waals surface area (Å²) in [5.41, 5.74) is 1.37. The number of halogens is 1. The summed E-state index contributed by atoms with van der Waals surface area (Å²) >= 11 is 0. The zero-order chi connectivity index (χ0) is 22.8. The number of anilines is 1. The van der Waals surface area contributed by atoms with Crippen LogP contribution in [0.25, 0.3) is 11.0 Å². The van der Waals surface area contributed by atoms with Crippen LogP contribution < -0.4 is 21.5 Å². The van der Waals surface area contributed by atoms with E-state index in [4.69, 9.17) is 0 Å². The SMILES string of the molecule is CCn1c(=O)[nH]c2cc(CN3CCN(c4ccc(F)nc4C(=O)NC)CC3)cnc2c1=O. The minimum absolute atomic E-state index is 0.0707. The molecule has 0 spiro atoms. The number of nitrogens with one attached hydrogen (secondary N) is 2. The summed E-state index contributed by atoms with van der Waals surface area (Å²) in [4.78, 5) is 51.5. The van der Waals surface area contributed by atoms with Gasteiger partial charge in [0.15, 0.2) is 11.2 Å². The maximum Gasteiger partial charge on any atom is 0.328 e. The van der Waals surface area contributed by atoms with Crippen molar-refractivity contribution in [3.63, 3.8) is 0 Å². The van der Waals surface area contributed by atoms with Gasteiger partial charge in [0, 0.05) is 52.5 Å². The molecule has 1 aliphatic heterocycles. The van der Waals surface area contributed by atoms with Crippen molar-refractivity contribution in [2.45, 2.75) is 20.0 Å². The smallest absolute Gasteiger partial charge is 0.328 e. The Hall–Kier alpha value is -3.60. The summed E-state index contributed by atoms with van der Waals surface area (Å²) in [5, 5.41) is 2.50. The molecule has 3 aromatic heterocycles. The summed E-state index contributed by atoms with van der Waals surface area (Å²) in [7, 11) is 1.49. The molecule has 168 valence electrons. The van der Waals surface area contributed by atoms with Crippen molar-refractivity contribution in [1.29, 1.82) is 0 Å². The van der Waals surface area contributed by atoms with Crippen molar-refractivity contribution < 1.29 is 9.18 Å². The van der Waals surface area contributed by atoms with E-state index in [-0.39, 0.29) is 17.8 Å². The normalized spacial score (nSPS) is 14.7. The Morgan fingerprint density at radius 1 is 1.22 bits per heavy atom. The van der Waals surface area contributed by atoms with E-state index in [1.807, 2.05) is 4.90 Å². The molecule has 3 aromatic rings. The number of fused-ring (bicyclic) bond motifs is 1. The number of H-pyrrole nitrogens is 1. The molecule has 4 heterocycles. The second-order valence-electron chi connectivity index (χ2n) is 7.56. The number of amides is 1. The number of nitrogens with zero attached hydrogens (tertiary/aromatic N) is 5. The number of aromatic nitrogens is 4. The van der Waals surface area contributed by atoms with Gasteiger partial charge in [-0.2, -0.15) is 4.39 Å². The molecule has 1 amide bonds. The summed E-state index contributed by atoms with van der Waals surface area (Å²) in [6, 6.07) is 4.61. The molecular formula is C21H24FN7O3. The highest BCUT2D eigenvalue weighted by molar-refractivity contribution is 5.97. The number of pyridine rings is 2. The van der Waals surface area contributed by atoms with E-state index in [1.165, 1.54) is 13.1 Å². The molecule has 4 rings (SSSR count).